The monoisotopic (exact) mass is 319 g/mol. The summed E-state index contributed by atoms with van der Waals surface area (Å²) in [5.74, 6) is 0.0778. The molecule has 1 saturated heterocycles. The minimum atomic E-state index is -3.42. The summed E-state index contributed by atoms with van der Waals surface area (Å²) < 4.78 is 26.4. The van der Waals surface area contributed by atoms with Gasteiger partial charge in [0.25, 0.3) is 0 Å². The van der Waals surface area contributed by atoms with Crippen molar-refractivity contribution in [2.75, 3.05) is 19.7 Å². The molecule has 6 heteroatoms. The van der Waals surface area contributed by atoms with Crippen molar-refractivity contribution in [3.05, 3.63) is 28.2 Å². The van der Waals surface area contributed by atoms with E-state index in [1.807, 2.05) is 6.92 Å². The predicted molar refractivity (Wildman–Crippen MR) is 68.2 cm³/mol. The molecule has 0 aliphatic carbocycles. The summed E-state index contributed by atoms with van der Waals surface area (Å²) in [6.07, 6.45) is 0. The second kappa shape index (κ2) is 4.68. The zero-order chi connectivity index (χ0) is 12.6. The van der Waals surface area contributed by atoms with Gasteiger partial charge in [-0.1, -0.05) is 6.07 Å². The van der Waals surface area contributed by atoms with E-state index >= 15 is 0 Å². The third kappa shape index (κ3) is 2.40. The number of rotatable bonds is 3. The Bertz CT molecular complexity index is 524. The van der Waals surface area contributed by atoms with Crippen LogP contribution in [0.2, 0.25) is 0 Å². The van der Waals surface area contributed by atoms with Crippen LogP contribution in [0.3, 0.4) is 0 Å². The van der Waals surface area contributed by atoms with Crippen LogP contribution in [-0.2, 0) is 10.0 Å². The van der Waals surface area contributed by atoms with Crippen molar-refractivity contribution in [1.82, 2.24) is 4.31 Å². The number of hydrogen-bond acceptors (Lipinski definition) is 3. The van der Waals surface area contributed by atoms with E-state index in [1.165, 1.54) is 4.31 Å². The summed E-state index contributed by atoms with van der Waals surface area (Å²) in [5, 5.41) is 8.90. The summed E-state index contributed by atoms with van der Waals surface area (Å²) >= 11 is 3.28. The highest BCUT2D eigenvalue weighted by Gasteiger charge is 2.36. The highest BCUT2D eigenvalue weighted by atomic mass is 79.9. The maximum Gasteiger partial charge on any atom is 0.244 e. The van der Waals surface area contributed by atoms with Crippen molar-refractivity contribution in [2.24, 2.45) is 5.92 Å². The lowest BCUT2D eigenvalue weighted by Gasteiger charge is -2.37. The molecular weight excluding hydrogens is 306 g/mol. The van der Waals surface area contributed by atoms with Gasteiger partial charge in [-0.05, 0) is 40.5 Å². The largest absolute Gasteiger partial charge is 0.396 e. The minimum Gasteiger partial charge on any atom is -0.396 e. The van der Waals surface area contributed by atoms with E-state index in [4.69, 9.17) is 5.11 Å². The van der Waals surface area contributed by atoms with Crippen molar-refractivity contribution in [3.8, 4) is 0 Å². The molecule has 0 radical (unpaired) electrons. The lowest BCUT2D eigenvalue weighted by Crippen LogP contribution is -2.51. The molecular formula is C11H14BrNO3S. The normalized spacial score (nSPS) is 18.1. The van der Waals surface area contributed by atoms with Crippen LogP contribution in [0, 0.1) is 12.8 Å². The fourth-order valence-corrected chi connectivity index (χ4v) is 4.53. The van der Waals surface area contributed by atoms with Crippen molar-refractivity contribution in [3.63, 3.8) is 0 Å². The van der Waals surface area contributed by atoms with Crippen LogP contribution in [0.5, 0.6) is 0 Å². The van der Waals surface area contributed by atoms with Crippen LogP contribution >= 0.6 is 15.9 Å². The molecule has 1 N–H and O–H groups in total. The van der Waals surface area contributed by atoms with Gasteiger partial charge in [-0.25, -0.2) is 8.42 Å². The summed E-state index contributed by atoms with van der Waals surface area (Å²) in [6, 6.07) is 5.18. The zero-order valence-corrected chi connectivity index (χ0v) is 11.8. The van der Waals surface area contributed by atoms with Gasteiger partial charge >= 0.3 is 0 Å². The Morgan fingerprint density at radius 3 is 2.65 bits per heavy atom. The molecule has 0 saturated carbocycles. The second-order valence-corrected chi connectivity index (χ2v) is 7.07. The Hall–Kier alpha value is -0.430. The van der Waals surface area contributed by atoms with Crippen molar-refractivity contribution in [2.45, 2.75) is 11.8 Å². The summed E-state index contributed by atoms with van der Waals surface area (Å²) in [6.45, 7) is 2.76. The van der Waals surface area contributed by atoms with Crippen molar-refractivity contribution < 1.29 is 13.5 Å². The smallest absolute Gasteiger partial charge is 0.244 e. The first-order chi connectivity index (χ1) is 7.95. The predicted octanol–water partition coefficient (Wildman–Crippen LogP) is 1.37. The topological polar surface area (TPSA) is 57.6 Å². The number of aryl methyl sites for hydroxylation is 1. The van der Waals surface area contributed by atoms with Gasteiger partial charge in [0, 0.05) is 30.1 Å². The lowest BCUT2D eigenvalue weighted by molar-refractivity contribution is 0.117. The fraction of sp³-hybridized carbons (Fsp3) is 0.455. The van der Waals surface area contributed by atoms with Gasteiger partial charge in [-0.15, -0.1) is 0 Å². The van der Waals surface area contributed by atoms with Crippen molar-refractivity contribution >= 4 is 26.0 Å². The van der Waals surface area contributed by atoms with Crippen LogP contribution in [-0.4, -0.2) is 37.5 Å². The maximum absolute atomic E-state index is 12.2. The molecule has 0 amide bonds. The SMILES string of the molecule is Cc1ccc(S(=O)(=O)N2CC(CO)C2)c(Br)c1. The average Bonchev–Trinajstić information content (AvgIpc) is 2.14. The first-order valence-corrected chi connectivity index (χ1v) is 7.55. The summed E-state index contributed by atoms with van der Waals surface area (Å²) in [5.41, 5.74) is 1.01. The lowest BCUT2D eigenvalue weighted by atomic mass is 10.1. The maximum atomic E-state index is 12.2. The number of aliphatic hydroxyl groups is 1. The van der Waals surface area contributed by atoms with Gasteiger partial charge in [-0.3, -0.25) is 0 Å². The molecule has 1 aromatic rings. The number of nitrogens with zero attached hydrogens (tertiary/aromatic N) is 1. The number of hydrogen-bond donors (Lipinski definition) is 1. The Morgan fingerprint density at radius 2 is 2.12 bits per heavy atom. The van der Waals surface area contributed by atoms with Crippen LogP contribution in [0.1, 0.15) is 5.56 Å². The zero-order valence-electron chi connectivity index (χ0n) is 9.43. The molecule has 0 atom stereocenters. The van der Waals surface area contributed by atoms with Crippen LogP contribution in [0.15, 0.2) is 27.6 Å². The van der Waals surface area contributed by atoms with Gasteiger partial charge in [0.05, 0.1) is 4.90 Å². The molecule has 2 rings (SSSR count). The van der Waals surface area contributed by atoms with E-state index < -0.39 is 10.0 Å². The number of sulfonamides is 1. The Balaban J connectivity index is 2.27. The van der Waals surface area contributed by atoms with Gasteiger partial charge in [0.15, 0.2) is 0 Å². The highest BCUT2D eigenvalue weighted by Crippen LogP contribution is 2.30. The molecule has 1 fully saturated rings. The molecule has 0 bridgehead atoms. The van der Waals surface area contributed by atoms with Crippen LogP contribution in [0.4, 0.5) is 0 Å². The van der Waals surface area contributed by atoms with E-state index in [0.29, 0.717) is 22.5 Å². The van der Waals surface area contributed by atoms with Gasteiger partial charge in [0.2, 0.25) is 10.0 Å². The molecule has 0 unspecified atom stereocenters. The number of aliphatic hydroxyl groups excluding tert-OH is 1. The molecule has 17 heavy (non-hydrogen) atoms. The molecule has 4 nitrogen and oxygen atoms in total. The van der Waals surface area contributed by atoms with E-state index in [0.717, 1.165) is 5.56 Å². The van der Waals surface area contributed by atoms with E-state index in [-0.39, 0.29) is 12.5 Å². The van der Waals surface area contributed by atoms with E-state index in [1.54, 1.807) is 18.2 Å². The fourth-order valence-electron chi connectivity index (χ4n) is 1.79. The van der Waals surface area contributed by atoms with Gasteiger partial charge in [0.1, 0.15) is 0 Å². The van der Waals surface area contributed by atoms with Crippen LogP contribution in [0.25, 0.3) is 0 Å². The third-order valence-corrected chi connectivity index (χ3v) is 5.70. The number of benzene rings is 1. The average molecular weight is 320 g/mol. The quantitative estimate of drug-likeness (QED) is 0.915. The second-order valence-electron chi connectivity index (χ2n) is 4.30. The Kier molecular flexibility index (Phi) is 3.58. The molecule has 0 aromatic heterocycles. The van der Waals surface area contributed by atoms with Gasteiger partial charge < -0.3 is 5.11 Å². The van der Waals surface area contributed by atoms with E-state index in [2.05, 4.69) is 15.9 Å². The molecule has 0 spiro atoms. The molecule has 1 aliphatic heterocycles. The van der Waals surface area contributed by atoms with E-state index in [9.17, 15) is 8.42 Å². The standard InChI is InChI=1S/C11H14BrNO3S/c1-8-2-3-11(10(12)4-8)17(15,16)13-5-9(6-13)7-14/h2-4,9,14H,5-7H2,1H3. The Morgan fingerprint density at radius 1 is 1.47 bits per heavy atom. The summed E-state index contributed by atoms with van der Waals surface area (Å²) in [4.78, 5) is 0.291. The molecule has 1 aliphatic rings. The van der Waals surface area contributed by atoms with Crippen LogP contribution < -0.4 is 0 Å². The first-order valence-electron chi connectivity index (χ1n) is 5.32. The number of halogens is 1. The molecule has 1 heterocycles. The molecule has 94 valence electrons. The molecule has 1 aromatic carbocycles. The Labute approximate surface area is 109 Å². The first kappa shape index (κ1) is 13.0. The van der Waals surface area contributed by atoms with Gasteiger partial charge in [-0.2, -0.15) is 4.31 Å². The highest BCUT2D eigenvalue weighted by molar-refractivity contribution is 9.10. The minimum absolute atomic E-state index is 0.0427. The third-order valence-electron chi connectivity index (χ3n) is 2.89. The summed E-state index contributed by atoms with van der Waals surface area (Å²) in [7, 11) is -3.42. The van der Waals surface area contributed by atoms with Crippen molar-refractivity contribution in [1.29, 1.82) is 0 Å².